The van der Waals surface area contributed by atoms with E-state index in [2.05, 4.69) is 6.92 Å². The van der Waals surface area contributed by atoms with Crippen molar-refractivity contribution < 1.29 is 24.5 Å². The van der Waals surface area contributed by atoms with Crippen LogP contribution in [-0.4, -0.2) is 65.8 Å². The van der Waals surface area contributed by atoms with Gasteiger partial charge >= 0.3 is 6.09 Å². The Balaban J connectivity index is 1.80. The van der Waals surface area contributed by atoms with Crippen molar-refractivity contribution in [3.05, 3.63) is 107 Å². The first kappa shape index (κ1) is 29.3. The van der Waals surface area contributed by atoms with Crippen LogP contribution in [0.5, 0.6) is 11.5 Å². The Labute approximate surface area is 234 Å². The molecule has 3 aromatic carbocycles. The Morgan fingerprint density at radius 2 is 1.56 bits per heavy atom. The number of allylic oxidation sites excluding steroid dienone is 1. The number of hydrogen-bond acceptors (Lipinski definition) is 4. The van der Waals surface area contributed by atoms with E-state index < -0.39 is 6.09 Å². The highest BCUT2D eigenvalue weighted by molar-refractivity contribution is 6.32. The van der Waals surface area contributed by atoms with Gasteiger partial charge in [-0.2, -0.15) is 0 Å². The molecule has 0 saturated carbocycles. The van der Waals surface area contributed by atoms with Crippen molar-refractivity contribution in [1.82, 2.24) is 9.80 Å². The van der Waals surface area contributed by atoms with Crippen LogP contribution in [0.1, 0.15) is 30.0 Å². The molecule has 0 radical (unpaired) electrons. The van der Waals surface area contributed by atoms with E-state index in [-0.39, 0.29) is 31.4 Å². The second kappa shape index (κ2) is 14.1. The minimum atomic E-state index is -1.09. The van der Waals surface area contributed by atoms with Crippen LogP contribution in [0.15, 0.2) is 84.9 Å². The molecule has 2 amide bonds. The monoisotopic (exact) mass is 548 g/mol. The Morgan fingerprint density at radius 3 is 2.13 bits per heavy atom. The summed E-state index contributed by atoms with van der Waals surface area (Å²) in [5.74, 6) is 0.578. The summed E-state index contributed by atoms with van der Waals surface area (Å²) in [6.07, 6.45) is 2.51. The van der Waals surface area contributed by atoms with Crippen molar-refractivity contribution in [2.24, 2.45) is 0 Å². The third kappa shape index (κ3) is 8.12. The number of carbonyl (C=O) groups is 2. The first-order valence-corrected chi connectivity index (χ1v) is 13.0. The van der Waals surface area contributed by atoms with Gasteiger partial charge in [0.2, 0.25) is 5.91 Å². The average molecular weight is 549 g/mol. The summed E-state index contributed by atoms with van der Waals surface area (Å²) in [4.78, 5) is 25.8. The molecule has 0 aliphatic carbocycles. The Hall–Kier alpha value is -4.23. The Bertz CT molecular complexity index is 1330. The number of phenolic OH excluding ortho intramolecular Hbond substituents is 1. The number of hydrogen-bond donors (Lipinski definition) is 2. The van der Waals surface area contributed by atoms with Crippen molar-refractivity contribution in [3.8, 4) is 11.5 Å². The molecule has 0 fully saturated rings. The number of carboxylic acid groups (broad SMARTS) is 1. The van der Waals surface area contributed by atoms with Crippen molar-refractivity contribution in [1.29, 1.82) is 0 Å². The molecule has 204 valence electrons. The lowest BCUT2D eigenvalue weighted by atomic mass is 9.88. The molecule has 0 unspecified atom stereocenters. The fourth-order valence-electron chi connectivity index (χ4n) is 4.04. The summed E-state index contributed by atoms with van der Waals surface area (Å²) >= 11 is 6.57. The van der Waals surface area contributed by atoms with E-state index in [0.717, 1.165) is 34.3 Å². The van der Waals surface area contributed by atoms with Crippen molar-refractivity contribution >= 4 is 34.7 Å². The molecule has 39 heavy (non-hydrogen) atoms. The number of benzene rings is 3. The zero-order valence-electron chi connectivity index (χ0n) is 22.3. The standard InChI is InChI=1S/C31H33ClN2O5/c1-4-26(27-8-5-6-9-28(27)32)30(22-11-15-24(35)16-12-22)23-13-17-25(18-14-23)39-21-20-34(31(37)38)19-7-10-29(36)33(2)3/h5-18,35H,4,19-21H2,1-3H3,(H,37,38). The molecule has 3 rings (SSSR count). The number of phenols is 1. The molecule has 0 aliphatic rings. The molecule has 3 aromatic rings. The fraction of sp³-hybridized carbons (Fsp3) is 0.226. The van der Waals surface area contributed by atoms with Gasteiger partial charge in [-0.1, -0.05) is 67.1 Å². The number of nitrogens with zero attached hydrogens (tertiary/aromatic N) is 2. The highest BCUT2D eigenvalue weighted by atomic mass is 35.5. The van der Waals surface area contributed by atoms with Crippen LogP contribution in [0.4, 0.5) is 4.79 Å². The molecule has 0 bridgehead atoms. The summed E-state index contributed by atoms with van der Waals surface area (Å²) in [7, 11) is 3.26. The zero-order chi connectivity index (χ0) is 28.4. The van der Waals surface area contributed by atoms with Gasteiger partial charge in [-0.05, 0) is 64.6 Å². The van der Waals surface area contributed by atoms with Gasteiger partial charge in [0.1, 0.15) is 18.1 Å². The SMILES string of the molecule is CCC(=C(c1ccc(O)cc1)c1ccc(OCCN(CC=CC(=O)N(C)C)C(=O)O)cc1)c1ccccc1Cl. The molecule has 0 heterocycles. The Kier molecular flexibility index (Phi) is 10.6. The van der Waals surface area contributed by atoms with Crippen LogP contribution in [0.25, 0.3) is 11.1 Å². The minimum absolute atomic E-state index is 0.0832. The van der Waals surface area contributed by atoms with Crippen LogP contribution >= 0.6 is 11.6 Å². The van der Waals surface area contributed by atoms with E-state index in [1.54, 1.807) is 26.2 Å². The third-order valence-electron chi connectivity index (χ3n) is 6.08. The molecule has 8 heteroatoms. The zero-order valence-corrected chi connectivity index (χ0v) is 23.1. The summed E-state index contributed by atoms with van der Waals surface area (Å²) in [5, 5.41) is 20.0. The van der Waals surface area contributed by atoms with Crippen LogP contribution in [0, 0.1) is 0 Å². The second-order valence-corrected chi connectivity index (χ2v) is 9.38. The van der Waals surface area contributed by atoms with Crippen molar-refractivity contribution in [2.45, 2.75) is 13.3 Å². The highest BCUT2D eigenvalue weighted by Gasteiger charge is 2.16. The molecule has 0 aliphatic heterocycles. The quantitative estimate of drug-likeness (QED) is 0.213. The van der Waals surface area contributed by atoms with Crippen LogP contribution in [-0.2, 0) is 4.79 Å². The van der Waals surface area contributed by atoms with E-state index in [4.69, 9.17) is 16.3 Å². The van der Waals surface area contributed by atoms with Gasteiger partial charge in [-0.25, -0.2) is 4.79 Å². The topological polar surface area (TPSA) is 90.3 Å². The number of rotatable bonds is 11. The maximum absolute atomic E-state index is 11.7. The molecular formula is C31H33ClN2O5. The van der Waals surface area contributed by atoms with Gasteiger partial charge in [0, 0.05) is 31.7 Å². The molecule has 2 N–H and O–H groups in total. The minimum Gasteiger partial charge on any atom is -0.508 e. The molecule has 0 spiro atoms. The maximum atomic E-state index is 11.7. The number of ether oxygens (including phenoxy) is 1. The number of likely N-dealkylation sites (N-methyl/N-ethyl adjacent to an activating group) is 1. The van der Waals surface area contributed by atoms with Gasteiger partial charge < -0.3 is 24.7 Å². The number of carbonyl (C=O) groups excluding carboxylic acids is 1. The van der Waals surface area contributed by atoms with Crippen LogP contribution in [0.3, 0.4) is 0 Å². The predicted octanol–water partition coefficient (Wildman–Crippen LogP) is 6.42. The van der Waals surface area contributed by atoms with E-state index in [1.807, 2.05) is 60.7 Å². The Morgan fingerprint density at radius 1 is 0.949 bits per heavy atom. The molecule has 0 saturated heterocycles. The normalized spacial score (nSPS) is 11.7. The van der Waals surface area contributed by atoms with Gasteiger partial charge in [-0.15, -0.1) is 0 Å². The average Bonchev–Trinajstić information content (AvgIpc) is 2.92. The van der Waals surface area contributed by atoms with Gasteiger partial charge in [0.25, 0.3) is 0 Å². The molecule has 0 aromatic heterocycles. The van der Waals surface area contributed by atoms with E-state index in [0.29, 0.717) is 10.8 Å². The smallest absolute Gasteiger partial charge is 0.407 e. The molecule has 0 atom stereocenters. The summed E-state index contributed by atoms with van der Waals surface area (Å²) in [6.45, 7) is 2.46. The first-order valence-electron chi connectivity index (χ1n) is 12.6. The second-order valence-electron chi connectivity index (χ2n) is 8.97. The largest absolute Gasteiger partial charge is 0.508 e. The highest BCUT2D eigenvalue weighted by Crippen LogP contribution is 2.37. The predicted molar refractivity (Wildman–Crippen MR) is 155 cm³/mol. The van der Waals surface area contributed by atoms with Crippen LogP contribution < -0.4 is 4.74 Å². The van der Waals surface area contributed by atoms with E-state index >= 15 is 0 Å². The third-order valence-corrected chi connectivity index (χ3v) is 6.41. The fourth-order valence-corrected chi connectivity index (χ4v) is 4.29. The number of aromatic hydroxyl groups is 1. The number of amides is 2. The molecular weight excluding hydrogens is 516 g/mol. The first-order chi connectivity index (χ1) is 18.7. The van der Waals surface area contributed by atoms with Gasteiger partial charge in [-0.3, -0.25) is 4.79 Å². The summed E-state index contributed by atoms with van der Waals surface area (Å²) in [5.41, 5.74) is 4.90. The van der Waals surface area contributed by atoms with Crippen molar-refractivity contribution in [3.63, 3.8) is 0 Å². The van der Waals surface area contributed by atoms with Crippen molar-refractivity contribution in [2.75, 3.05) is 33.8 Å². The van der Waals surface area contributed by atoms with Crippen LogP contribution in [0.2, 0.25) is 5.02 Å². The van der Waals surface area contributed by atoms with E-state index in [9.17, 15) is 19.8 Å². The van der Waals surface area contributed by atoms with Gasteiger partial charge in [0.05, 0.1) is 6.54 Å². The number of halogens is 1. The summed E-state index contributed by atoms with van der Waals surface area (Å²) < 4.78 is 5.82. The lowest BCUT2D eigenvalue weighted by Gasteiger charge is -2.19. The van der Waals surface area contributed by atoms with Gasteiger partial charge in [0.15, 0.2) is 0 Å². The lowest BCUT2D eigenvalue weighted by molar-refractivity contribution is -0.123. The lowest BCUT2D eigenvalue weighted by Crippen LogP contribution is -2.33. The molecule has 7 nitrogen and oxygen atoms in total. The summed E-state index contributed by atoms with van der Waals surface area (Å²) in [6, 6.07) is 22.4. The van der Waals surface area contributed by atoms with E-state index in [1.165, 1.54) is 22.0 Å². The maximum Gasteiger partial charge on any atom is 0.407 e.